The Morgan fingerprint density at radius 3 is 2.40 bits per heavy atom. The molecule has 0 radical (unpaired) electrons. The number of esters is 1. The van der Waals surface area contributed by atoms with Crippen LogP contribution < -0.4 is 10.1 Å². The highest BCUT2D eigenvalue weighted by Crippen LogP contribution is 2.22. The fourth-order valence-electron chi connectivity index (χ4n) is 2.41. The van der Waals surface area contributed by atoms with Crippen molar-refractivity contribution in [2.75, 3.05) is 32.6 Å². The van der Waals surface area contributed by atoms with E-state index in [1.165, 1.54) is 32.3 Å². The number of hydrogen-bond donors (Lipinski definition) is 1. The highest BCUT2D eigenvalue weighted by molar-refractivity contribution is 7.89. The molecule has 0 fully saturated rings. The summed E-state index contributed by atoms with van der Waals surface area (Å²) in [4.78, 5) is 24.3. The van der Waals surface area contributed by atoms with Gasteiger partial charge in [-0.1, -0.05) is 18.7 Å². The van der Waals surface area contributed by atoms with Gasteiger partial charge in [0.15, 0.2) is 6.61 Å². The lowest BCUT2D eigenvalue weighted by molar-refractivity contribution is -0.119. The van der Waals surface area contributed by atoms with Gasteiger partial charge >= 0.3 is 5.97 Å². The van der Waals surface area contributed by atoms with Gasteiger partial charge < -0.3 is 14.8 Å². The van der Waals surface area contributed by atoms with Gasteiger partial charge in [0.2, 0.25) is 10.0 Å². The van der Waals surface area contributed by atoms with Gasteiger partial charge in [0.05, 0.1) is 10.5 Å². The van der Waals surface area contributed by atoms with Crippen LogP contribution in [0.1, 0.15) is 15.9 Å². The molecule has 2 rings (SSSR count). The fraction of sp³-hybridized carbons (Fsp3) is 0.238. The summed E-state index contributed by atoms with van der Waals surface area (Å²) >= 11 is 0. The van der Waals surface area contributed by atoms with E-state index >= 15 is 0 Å². The molecule has 0 aliphatic heterocycles. The molecule has 8 nitrogen and oxygen atoms in total. The van der Waals surface area contributed by atoms with E-state index in [4.69, 9.17) is 9.47 Å². The van der Waals surface area contributed by atoms with Gasteiger partial charge in [0.1, 0.15) is 12.4 Å². The second-order valence-electron chi connectivity index (χ2n) is 6.52. The van der Waals surface area contributed by atoms with Crippen molar-refractivity contribution in [2.45, 2.75) is 11.8 Å². The molecular formula is C21H24N2O6S. The number of sulfonamides is 1. The fourth-order valence-corrected chi connectivity index (χ4v) is 3.55. The largest absolute Gasteiger partial charge is 0.490 e. The van der Waals surface area contributed by atoms with Gasteiger partial charge in [-0.15, -0.1) is 0 Å². The molecule has 0 heterocycles. The first-order chi connectivity index (χ1) is 14.1. The van der Waals surface area contributed by atoms with Gasteiger partial charge in [-0.2, -0.15) is 0 Å². The van der Waals surface area contributed by atoms with Crippen LogP contribution in [-0.2, 0) is 19.6 Å². The average Bonchev–Trinajstić information content (AvgIpc) is 2.72. The van der Waals surface area contributed by atoms with Crippen LogP contribution in [0.25, 0.3) is 0 Å². The second kappa shape index (κ2) is 10.0. The average molecular weight is 432 g/mol. The van der Waals surface area contributed by atoms with Crippen LogP contribution in [0.5, 0.6) is 5.75 Å². The highest BCUT2D eigenvalue weighted by atomic mass is 32.2. The Morgan fingerprint density at radius 2 is 1.80 bits per heavy atom. The number of benzene rings is 2. The molecule has 0 saturated carbocycles. The molecule has 0 aliphatic rings. The smallest absolute Gasteiger partial charge is 0.338 e. The van der Waals surface area contributed by atoms with Crippen LogP contribution in [0.2, 0.25) is 0 Å². The van der Waals surface area contributed by atoms with Gasteiger partial charge in [-0.25, -0.2) is 17.5 Å². The van der Waals surface area contributed by atoms with E-state index in [0.29, 0.717) is 17.9 Å². The van der Waals surface area contributed by atoms with Crippen molar-refractivity contribution in [2.24, 2.45) is 0 Å². The summed E-state index contributed by atoms with van der Waals surface area (Å²) in [6, 6.07) is 10.8. The van der Waals surface area contributed by atoms with E-state index in [-0.39, 0.29) is 16.1 Å². The van der Waals surface area contributed by atoms with Crippen molar-refractivity contribution in [3.8, 4) is 5.75 Å². The van der Waals surface area contributed by atoms with E-state index in [9.17, 15) is 18.0 Å². The van der Waals surface area contributed by atoms with Crippen LogP contribution in [0, 0.1) is 6.92 Å². The van der Waals surface area contributed by atoms with E-state index in [1.807, 2.05) is 0 Å². The first-order valence-electron chi connectivity index (χ1n) is 8.99. The van der Waals surface area contributed by atoms with Gasteiger partial charge in [-0.05, 0) is 48.9 Å². The molecule has 0 aromatic heterocycles. The lowest BCUT2D eigenvalue weighted by Crippen LogP contribution is -2.24. The number of hydrogen-bond acceptors (Lipinski definition) is 6. The zero-order chi connectivity index (χ0) is 22.3. The molecule has 0 spiro atoms. The number of nitrogens with zero attached hydrogens (tertiary/aromatic N) is 1. The van der Waals surface area contributed by atoms with Crippen LogP contribution >= 0.6 is 0 Å². The van der Waals surface area contributed by atoms with Crippen molar-refractivity contribution >= 4 is 27.6 Å². The summed E-state index contributed by atoms with van der Waals surface area (Å²) in [5.74, 6) is -0.682. The third kappa shape index (κ3) is 5.91. The summed E-state index contributed by atoms with van der Waals surface area (Å²) in [6.07, 6.45) is 1.60. The van der Waals surface area contributed by atoms with Crippen LogP contribution in [0.15, 0.2) is 60.0 Å². The van der Waals surface area contributed by atoms with Crippen molar-refractivity contribution in [1.29, 1.82) is 0 Å². The molecule has 0 atom stereocenters. The minimum absolute atomic E-state index is 0.0843. The number of carbonyl (C=O) groups excluding carboxylic acids is 2. The van der Waals surface area contributed by atoms with E-state index < -0.39 is 28.5 Å². The van der Waals surface area contributed by atoms with Gasteiger partial charge in [0.25, 0.3) is 5.91 Å². The van der Waals surface area contributed by atoms with Crippen molar-refractivity contribution < 1.29 is 27.5 Å². The maximum atomic E-state index is 12.4. The summed E-state index contributed by atoms with van der Waals surface area (Å²) in [6.45, 7) is 5.05. The molecule has 160 valence electrons. The first-order valence-corrected chi connectivity index (χ1v) is 10.4. The zero-order valence-electron chi connectivity index (χ0n) is 17.0. The van der Waals surface area contributed by atoms with Crippen LogP contribution in [-0.4, -0.2) is 51.9 Å². The van der Waals surface area contributed by atoms with E-state index in [1.54, 1.807) is 37.3 Å². The number of aryl methyl sites for hydroxylation is 1. The minimum atomic E-state index is -3.66. The lowest BCUT2D eigenvalue weighted by atomic mass is 10.2. The van der Waals surface area contributed by atoms with Crippen molar-refractivity contribution in [1.82, 2.24) is 4.31 Å². The predicted molar refractivity (Wildman–Crippen MR) is 113 cm³/mol. The Kier molecular flexibility index (Phi) is 7.73. The number of amides is 1. The summed E-state index contributed by atoms with van der Waals surface area (Å²) in [7, 11) is -0.800. The first kappa shape index (κ1) is 23.1. The molecule has 2 aromatic rings. The van der Waals surface area contributed by atoms with Gasteiger partial charge in [0, 0.05) is 19.8 Å². The number of ether oxygens (including phenoxy) is 2. The normalized spacial score (nSPS) is 11.1. The lowest BCUT2D eigenvalue weighted by Gasteiger charge is -2.15. The molecule has 9 heteroatoms. The number of nitrogens with one attached hydrogen (secondary N) is 1. The molecule has 0 unspecified atom stereocenters. The molecule has 30 heavy (non-hydrogen) atoms. The number of rotatable bonds is 9. The Labute approximate surface area is 176 Å². The van der Waals surface area contributed by atoms with Crippen molar-refractivity contribution in [3.63, 3.8) is 0 Å². The zero-order valence-corrected chi connectivity index (χ0v) is 17.9. The summed E-state index contributed by atoms with van der Waals surface area (Å²) in [5.41, 5.74) is 1.10. The molecule has 0 bridgehead atoms. The predicted octanol–water partition coefficient (Wildman–Crippen LogP) is 2.61. The Morgan fingerprint density at radius 1 is 1.13 bits per heavy atom. The SMILES string of the molecule is C=CCOc1ccc(C(=O)OCC(=O)Nc2ccc(C)c(S(=O)(=O)N(C)C)c2)cc1. The Bertz CT molecular complexity index is 1030. The number of carbonyl (C=O) groups is 2. The van der Waals surface area contributed by atoms with E-state index in [2.05, 4.69) is 11.9 Å². The quantitative estimate of drug-likeness (QED) is 0.483. The monoisotopic (exact) mass is 432 g/mol. The van der Waals surface area contributed by atoms with Crippen molar-refractivity contribution in [3.05, 3.63) is 66.2 Å². The highest BCUT2D eigenvalue weighted by Gasteiger charge is 2.20. The standard InChI is InChI=1S/C21H24N2O6S/c1-5-12-28-18-10-7-16(8-11-18)21(25)29-14-20(24)22-17-9-6-15(2)19(13-17)30(26,27)23(3)4/h5-11,13H,1,12,14H2,2-4H3,(H,22,24). The third-order valence-electron chi connectivity index (χ3n) is 4.02. The topological polar surface area (TPSA) is 102 Å². The molecule has 0 saturated heterocycles. The molecule has 2 aromatic carbocycles. The number of anilines is 1. The maximum absolute atomic E-state index is 12.4. The molecular weight excluding hydrogens is 408 g/mol. The van der Waals surface area contributed by atoms with Gasteiger partial charge in [-0.3, -0.25) is 4.79 Å². The van der Waals surface area contributed by atoms with Crippen LogP contribution in [0.4, 0.5) is 5.69 Å². The Hall–Kier alpha value is -3.17. The Balaban J connectivity index is 1.98. The molecule has 1 N–H and O–H groups in total. The maximum Gasteiger partial charge on any atom is 0.338 e. The molecule has 1 amide bonds. The third-order valence-corrected chi connectivity index (χ3v) is 5.98. The second-order valence-corrected chi connectivity index (χ2v) is 8.64. The van der Waals surface area contributed by atoms with E-state index in [0.717, 1.165) is 4.31 Å². The summed E-state index contributed by atoms with van der Waals surface area (Å²) < 4.78 is 36.2. The minimum Gasteiger partial charge on any atom is -0.490 e. The molecule has 0 aliphatic carbocycles. The van der Waals surface area contributed by atoms with Crippen LogP contribution in [0.3, 0.4) is 0 Å². The summed E-state index contributed by atoms with van der Waals surface area (Å²) in [5, 5.41) is 2.53.